The number of aromatic amines is 1. The van der Waals surface area contributed by atoms with Gasteiger partial charge in [-0.3, -0.25) is 5.32 Å². The van der Waals surface area contributed by atoms with Crippen LogP contribution in [0.15, 0.2) is 55.0 Å². The highest BCUT2D eigenvalue weighted by Crippen LogP contribution is 2.20. The van der Waals surface area contributed by atoms with Crippen molar-refractivity contribution in [3.05, 3.63) is 55.0 Å². The van der Waals surface area contributed by atoms with Crippen molar-refractivity contribution in [2.75, 3.05) is 10.6 Å². The summed E-state index contributed by atoms with van der Waals surface area (Å²) in [4.78, 5) is 19.9. The Morgan fingerprint density at radius 1 is 1.15 bits per heavy atom. The first-order valence-corrected chi connectivity index (χ1v) is 8.62. The number of aromatic nitrogens is 5. The van der Waals surface area contributed by atoms with Crippen LogP contribution in [0.3, 0.4) is 0 Å². The van der Waals surface area contributed by atoms with Crippen LogP contribution in [-0.4, -0.2) is 30.8 Å². The number of H-pyrrole nitrogens is 1. The Morgan fingerprint density at radius 2 is 2.04 bits per heavy atom. The molecule has 0 fully saturated rings. The molecule has 0 aliphatic heterocycles. The fraction of sp³-hybridized carbons (Fsp3) is 0.158. The summed E-state index contributed by atoms with van der Waals surface area (Å²) in [6, 6.07) is 12.9. The fourth-order valence-corrected chi connectivity index (χ4v) is 2.84. The highest BCUT2D eigenvalue weighted by Gasteiger charge is 2.12. The molecule has 136 valence electrons. The zero-order chi connectivity index (χ0) is 18.8. The van der Waals surface area contributed by atoms with Gasteiger partial charge in [0.05, 0.1) is 0 Å². The van der Waals surface area contributed by atoms with E-state index in [1.54, 1.807) is 12.4 Å². The normalized spacial score (nSPS) is 11.1. The predicted octanol–water partition coefficient (Wildman–Crippen LogP) is 4.05. The molecule has 0 radical (unpaired) electrons. The summed E-state index contributed by atoms with van der Waals surface area (Å²) in [5, 5.41) is 14.8. The van der Waals surface area contributed by atoms with Crippen LogP contribution in [0.2, 0.25) is 0 Å². The summed E-state index contributed by atoms with van der Waals surface area (Å²) >= 11 is 0. The van der Waals surface area contributed by atoms with Crippen molar-refractivity contribution in [1.29, 1.82) is 0 Å². The number of benzene rings is 1. The number of carbonyl (C=O) groups excluding carboxylic acids is 1. The Bertz CT molecular complexity index is 1100. The van der Waals surface area contributed by atoms with Crippen molar-refractivity contribution in [2.45, 2.75) is 19.9 Å². The van der Waals surface area contributed by atoms with E-state index < -0.39 is 0 Å². The Kier molecular flexibility index (Phi) is 4.29. The Labute approximate surface area is 155 Å². The number of nitrogens with zero attached hydrogens (tertiary/aromatic N) is 4. The van der Waals surface area contributed by atoms with E-state index in [9.17, 15) is 4.79 Å². The number of fused-ring (bicyclic) bond motifs is 1. The molecule has 0 bridgehead atoms. The molecule has 8 nitrogen and oxygen atoms in total. The Morgan fingerprint density at radius 3 is 2.89 bits per heavy atom. The molecule has 0 aliphatic rings. The Balaban J connectivity index is 1.50. The van der Waals surface area contributed by atoms with E-state index in [4.69, 9.17) is 0 Å². The van der Waals surface area contributed by atoms with Gasteiger partial charge in [-0.2, -0.15) is 0 Å². The first-order valence-electron chi connectivity index (χ1n) is 8.62. The number of anilines is 2. The molecular weight excluding hydrogens is 342 g/mol. The third kappa shape index (κ3) is 3.50. The number of amides is 2. The molecule has 3 heterocycles. The number of urea groups is 1. The number of pyridine rings is 1. The van der Waals surface area contributed by atoms with E-state index in [2.05, 4.69) is 30.8 Å². The van der Waals surface area contributed by atoms with Crippen molar-refractivity contribution >= 4 is 28.4 Å². The second kappa shape index (κ2) is 6.91. The van der Waals surface area contributed by atoms with Gasteiger partial charge in [0.1, 0.15) is 17.8 Å². The highest BCUT2D eigenvalue weighted by atomic mass is 16.2. The van der Waals surface area contributed by atoms with Crippen LogP contribution in [-0.2, 0) is 0 Å². The molecule has 0 unspecified atom stereocenters. The van der Waals surface area contributed by atoms with Crippen LogP contribution in [0.5, 0.6) is 0 Å². The van der Waals surface area contributed by atoms with Gasteiger partial charge in [0.25, 0.3) is 0 Å². The molecule has 0 spiro atoms. The first kappa shape index (κ1) is 16.8. The lowest BCUT2D eigenvalue weighted by Gasteiger charge is -2.11. The third-order valence-corrected chi connectivity index (χ3v) is 4.16. The number of carbonyl (C=O) groups is 1. The highest BCUT2D eigenvalue weighted by molar-refractivity contribution is 6.00. The Hall–Kier alpha value is -3.68. The molecule has 3 aromatic heterocycles. The summed E-state index contributed by atoms with van der Waals surface area (Å²) in [5.74, 6) is 1.09. The van der Waals surface area contributed by atoms with Gasteiger partial charge in [0.2, 0.25) is 0 Å². The molecule has 0 saturated carbocycles. The molecule has 4 rings (SSSR count). The van der Waals surface area contributed by atoms with Crippen LogP contribution >= 0.6 is 0 Å². The van der Waals surface area contributed by atoms with Gasteiger partial charge < -0.3 is 14.9 Å². The van der Waals surface area contributed by atoms with E-state index in [0.29, 0.717) is 23.0 Å². The summed E-state index contributed by atoms with van der Waals surface area (Å²) in [5.41, 5.74) is 2.30. The van der Waals surface area contributed by atoms with Crippen molar-refractivity contribution < 1.29 is 4.79 Å². The minimum absolute atomic E-state index is 0.208. The van der Waals surface area contributed by atoms with E-state index in [1.165, 1.54) is 0 Å². The predicted molar refractivity (Wildman–Crippen MR) is 105 cm³/mol. The van der Waals surface area contributed by atoms with Gasteiger partial charge in [-0.1, -0.05) is 12.1 Å². The zero-order valence-electron chi connectivity index (χ0n) is 15.0. The van der Waals surface area contributed by atoms with E-state index in [-0.39, 0.29) is 12.1 Å². The lowest BCUT2D eigenvalue weighted by Crippen LogP contribution is -2.20. The van der Waals surface area contributed by atoms with Gasteiger partial charge in [-0.25, -0.2) is 9.78 Å². The molecule has 2 amide bonds. The fourth-order valence-electron chi connectivity index (χ4n) is 2.84. The van der Waals surface area contributed by atoms with Crippen LogP contribution < -0.4 is 10.6 Å². The van der Waals surface area contributed by atoms with Crippen molar-refractivity contribution in [1.82, 2.24) is 24.7 Å². The van der Waals surface area contributed by atoms with Crippen LogP contribution in [0.25, 0.3) is 22.4 Å². The van der Waals surface area contributed by atoms with Crippen LogP contribution in [0.1, 0.15) is 19.9 Å². The SMILES string of the molecule is CC(C)n1cnnc1-c1cccc(NC(=O)Nc2ccc3cc[nH]c3c2)n1. The molecule has 8 heteroatoms. The molecule has 27 heavy (non-hydrogen) atoms. The van der Waals surface area contributed by atoms with Crippen molar-refractivity contribution in [2.24, 2.45) is 0 Å². The maximum absolute atomic E-state index is 12.3. The van der Waals surface area contributed by atoms with Gasteiger partial charge in [0.15, 0.2) is 5.82 Å². The van der Waals surface area contributed by atoms with Gasteiger partial charge in [-0.15, -0.1) is 10.2 Å². The second-order valence-electron chi connectivity index (χ2n) is 6.42. The average molecular weight is 361 g/mol. The second-order valence-corrected chi connectivity index (χ2v) is 6.42. The summed E-state index contributed by atoms with van der Waals surface area (Å²) in [6.45, 7) is 4.09. The summed E-state index contributed by atoms with van der Waals surface area (Å²) in [6.07, 6.45) is 3.53. The van der Waals surface area contributed by atoms with E-state index in [1.807, 2.05) is 61.0 Å². The smallest absolute Gasteiger partial charge is 0.324 e. The molecule has 0 atom stereocenters. The monoisotopic (exact) mass is 361 g/mol. The number of hydrogen-bond donors (Lipinski definition) is 3. The quantitative estimate of drug-likeness (QED) is 0.510. The minimum atomic E-state index is -0.365. The van der Waals surface area contributed by atoms with Crippen LogP contribution in [0.4, 0.5) is 16.3 Å². The number of nitrogens with one attached hydrogen (secondary N) is 3. The molecule has 4 aromatic rings. The standard InChI is InChI=1S/C19H19N7O/c1-12(2)26-11-21-25-18(26)15-4-3-5-17(23-15)24-19(27)22-14-7-6-13-8-9-20-16(13)10-14/h3-12,20H,1-2H3,(H2,22,23,24,27). The van der Waals surface area contributed by atoms with Gasteiger partial charge >= 0.3 is 6.03 Å². The maximum atomic E-state index is 12.3. The minimum Gasteiger partial charge on any atom is -0.361 e. The molecule has 0 aliphatic carbocycles. The lowest BCUT2D eigenvalue weighted by atomic mass is 10.2. The number of rotatable bonds is 4. The zero-order valence-corrected chi connectivity index (χ0v) is 15.0. The molecular formula is C19H19N7O. The third-order valence-electron chi connectivity index (χ3n) is 4.16. The van der Waals surface area contributed by atoms with Crippen molar-refractivity contribution in [3.63, 3.8) is 0 Å². The van der Waals surface area contributed by atoms with Gasteiger partial charge in [0, 0.05) is 23.4 Å². The average Bonchev–Trinajstić information content (AvgIpc) is 3.30. The molecule has 1 aromatic carbocycles. The van der Waals surface area contributed by atoms with E-state index in [0.717, 1.165) is 10.9 Å². The maximum Gasteiger partial charge on any atom is 0.324 e. The first-order chi connectivity index (χ1) is 13.1. The van der Waals surface area contributed by atoms with Crippen molar-refractivity contribution in [3.8, 4) is 11.5 Å². The van der Waals surface area contributed by atoms with E-state index >= 15 is 0 Å². The summed E-state index contributed by atoms with van der Waals surface area (Å²) < 4.78 is 1.93. The topological polar surface area (TPSA) is 101 Å². The molecule has 0 saturated heterocycles. The summed E-state index contributed by atoms with van der Waals surface area (Å²) in [7, 11) is 0. The largest absolute Gasteiger partial charge is 0.361 e. The molecule has 3 N–H and O–H groups in total. The lowest BCUT2D eigenvalue weighted by molar-refractivity contribution is 0.262. The van der Waals surface area contributed by atoms with Crippen LogP contribution in [0, 0.1) is 0 Å². The number of hydrogen-bond acceptors (Lipinski definition) is 4. The van der Waals surface area contributed by atoms with Gasteiger partial charge in [-0.05, 0) is 49.6 Å².